The van der Waals surface area contributed by atoms with E-state index >= 15 is 0 Å². The summed E-state index contributed by atoms with van der Waals surface area (Å²) in [5, 5.41) is 23.3. The first-order valence-corrected chi connectivity index (χ1v) is 30.7. The number of allylic oxidation sites excluding steroid dienone is 6. The third-order valence-corrected chi connectivity index (χ3v) is 14.2. The quantitative estimate of drug-likeness (QED) is 0.0321. The molecule has 1 amide bonds. The minimum atomic E-state index is -0.685. The van der Waals surface area contributed by atoms with Gasteiger partial charge in [0.25, 0.3) is 0 Å². The molecule has 0 saturated heterocycles. The summed E-state index contributed by atoms with van der Waals surface area (Å²) < 4.78 is 5.46. The molecule has 0 radical (unpaired) electrons. The zero-order chi connectivity index (χ0) is 50.0. The van der Waals surface area contributed by atoms with Crippen molar-refractivity contribution in [3.63, 3.8) is 0 Å². The lowest BCUT2D eigenvalue weighted by atomic mass is 10.0. The van der Waals surface area contributed by atoms with E-state index in [2.05, 4.69) is 55.6 Å². The molecule has 3 N–H and O–H groups in total. The number of rotatable bonds is 57. The van der Waals surface area contributed by atoms with Crippen molar-refractivity contribution in [2.24, 2.45) is 0 Å². The van der Waals surface area contributed by atoms with Crippen LogP contribution in [0.1, 0.15) is 328 Å². The van der Waals surface area contributed by atoms with Gasteiger partial charge in [0.1, 0.15) is 0 Å². The number of aliphatic hydroxyl groups is 2. The van der Waals surface area contributed by atoms with Gasteiger partial charge in [-0.2, -0.15) is 0 Å². The maximum atomic E-state index is 12.5. The van der Waals surface area contributed by atoms with Crippen LogP contribution in [-0.4, -0.2) is 47.4 Å². The molecule has 0 aliphatic rings. The topological polar surface area (TPSA) is 95.9 Å². The maximum Gasteiger partial charge on any atom is 0.305 e. The lowest BCUT2D eigenvalue weighted by Crippen LogP contribution is -2.45. The highest BCUT2D eigenvalue weighted by atomic mass is 16.5. The highest BCUT2D eigenvalue weighted by molar-refractivity contribution is 5.76. The Bertz CT molecular complexity index is 1120. The predicted molar refractivity (Wildman–Crippen MR) is 301 cm³/mol. The largest absolute Gasteiger partial charge is 0.466 e. The van der Waals surface area contributed by atoms with Crippen molar-refractivity contribution >= 4 is 11.9 Å². The summed E-state index contributed by atoms with van der Waals surface area (Å²) in [6.45, 7) is 4.87. The van der Waals surface area contributed by atoms with Gasteiger partial charge < -0.3 is 20.3 Å². The molecule has 0 bridgehead atoms. The van der Waals surface area contributed by atoms with E-state index in [1.165, 1.54) is 205 Å². The molecular weight excluding hydrogens is 851 g/mol. The van der Waals surface area contributed by atoms with Gasteiger partial charge in [-0.3, -0.25) is 9.59 Å². The molecule has 2 atom stereocenters. The lowest BCUT2D eigenvalue weighted by molar-refractivity contribution is -0.143. The standard InChI is InChI=1S/C63H119NO5/c1-3-5-7-9-11-13-15-17-19-21-23-24-25-27-28-30-32-35-39-43-47-51-55-61(66)60(59-65)64-62(67)56-52-48-44-40-36-34-38-42-46-50-54-58-69-63(68)57-53-49-45-41-37-33-31-29-26-22-20-18-16-14-12-10-8-6-4-2/h12,14,18,20,38,42,60-61,65-66H,3-11,13,15-17,19,21-37,39-41,43-59H2,1-2H3,(H,64,67)/b14-12-,20-18-,42-38-. The van der Waals surface area contributed by atoms with Crippen molar-refractivity contribution in [2.45, 2.75) is 341 Å². The first-order chi connectivity index (χ1) is 34.0. The van der Waals surface area contributed by atoms with Crippen molar-refractivity contribution in [1.82, 2.24) is 5.32 Å². The number of amides is 1. The Kier molecular flexibility index (Phi) is 57.0. The third kappa shape index (κ3) is 55.2. The first kappa shape index (κ1) is 67.1. The number of hydrogen-bond acceptors (Lipinski definition) is 5. The van der Waals surface area contributed by atoms with E-state index in [-0.39, 0.29) is 18.5 Å². The second-order valence-corrected chi connectivity index (χ2v) is 21.0. The van der Waals surface area contributed by atoms with Crippen molar-refractivity contribution in [3.8, 4) is 0 Å². The van der Waals surface area contributed by atoms with Crippen molar-refractivity contribution in [2.75, 3.05) is 13.2 Å². The Morgan fingerprint density at radius 2 is 0.725 bits per heavy atom. The van der Waals surface area contributed by atoms with Gasteiger partial charge in [0, 0.05) is 12.8 Å². The van der Waals surface area contributed by atoms with Crippen LogP contribution in [0.2, 0.25) is 0 Å². The molecule has 406 valence electrons. The fraction of sp³-hybridized carbons (Fsp3) is 0.873. The molecule has 2 unspecified atom stereocenters. The van der Waals surface area contributed by atoms with Crippen LogP contribution in [0.3, 0.4) is 0 Å². The van der Waals surface area contributed by atoms with E-state index < -0.39 is 12.1 Å². The SMILES string of the molecule is CCCCC/C=C\C/C=C\CCCCCCCCCCCC(=O)OCCCC/C=C\CCCCCCCC(=O)NC(CO)C(O)CCCCCCCCCCCCCCCCCCCCCCCC. The smallest absolute Gasteiger partial charge is 0.305 e. The zero-order valence-corrected chi connectivity index (χ0v) is 46.3. The van der Waals surface area contributed by atoms with Crippen LogP contribution < -0.4 is 5.32 Å². The number of aliphatic hydroxyl groups excluding tert-OH is 2. The average Bonchev–Trinajstić information content (AvgIpc) is 3.35. The van der Waals surface area contributed by atoms with Crippen LogP contribution in [0.15, 0.2) is 36.5 Å². The van der Waals surface area contributed by atoms with Gasteiger partial charge in [0.05, 0.1) is 25.4 Å². The summed E-state index contributed by atoms with van der Waals surface area (Å²) in [7, 11) is 0. The van der Waals surface area contributed by atoms with Crippen LogP contribution in [0.25, 0.3) is 0 Å². The summed E-state index contributed by atoms with van der Waals surface area (Å²) in [5.74, 6) is -0.0959. The third-order valence-electron chi connectivity index (χ3n) is 14.2. The van der Waals surface area contributed by atoms with Crippen LogP contribution in [0.4, 0.5) is 0 Å². The van der Waals surface area contributed by atoms with Crippen molar-refractivity contribution in [1.29, 1.82) is 0 Å². The van der Waals surface area contributed by atoms with Gasteiger partial charge in [-0.25, -0.2) is 0 Å². The summed E-state index contributed by atoms with van der Waals surface area (Å²) in [6.07, 6.45) is 72.9. The van der Waals surface area contributed by atoms with E-state index in [9.17, 15) is 19.8 Å². The Morgan fingerprint density at radius 3 is 1.14 bits per heavy atom. The second kappa shape index (κ2) is 58.6. The van der Waals surface area contributed by atoms with Crippen molar-refractivity contribution in [3.05, 3.63) is 36.5 Å². The summed E-state index contributed by atoms with van der Waals surface area (Å²) >= 11 is 0. The van der Waals surface area contributed by atoms with Gasteiger partial charge in [-0.15, -0.1) is 0 Å². The van der Waals surface area contributed by atoms with Crippen LogP contribution in [-0.2, 0) is 14.3 Å². The number of carbonyl (C=O) groups is 2. The van der Waals surface area contributed by atoms with Crippen molar-refractivity contribution < 1.29 is 24.5 Å². The number of unbranched alkanes of at least 4 members (excludes halogenated alkanes) is 40. The Morgan fingerprint density at radius 1 is 0.406 bits per heavy atom. The van der Waals surface area contributed by atoms with Crippen LogP contribution in [0.5, 0.6) is 0 Å². The summed E-state index contributed by atoms with van der Waals surface area (Å²) in [5.41, 5.74) is 0. The van der Waals surface area contributed by atoms with E-state index in [1.807, 2.05) is 0 Å². The fourth-order valence-electron chi connectivity index (χ4n) is 9.43. The highest BCUT2D eigenvalue weighted by Crippen LogP contribution is 2.17. The number of esters is 1. The molecular formula is C63H119NO5. The summed E-state index contributed by atoms with van der Waals surface area (Å²) in [6, 6.07) is -0.565. The first-order valence-electron chi connectivity index (χ1n) is 30.7. The predicted octanol–water partition coefficient (Wildman–Crippen LogP) is 19.2. The zero-order valence-electron chi connectivity index (χ0n) is 46.3. The molecule has 0 spiro atoms. The Labute approximate surface area is 430 Å². The van der Waals surface area contributed by atoms with Gasteiger partial charge in [0.15, 0.2) is 0 Å². The second-order valence-electron chi connectivity index (χ2n) is 21.0. The summed E-state index contributed by atoms with van der Waals surface area (Å²) in [4.78, 5) is 24.6. The van der Waals surface area contributed by atoms with Gasteiger partial charge in [-0.1, -0.05) is 269 Å². The van der Waals surface area contributed by atoms with E-state index in [0.29, 0.717) is 25.9 Å². The van der Waals surface area contributed by atoms with Gasteiger partial charge in [0.2, 0.25) is 5.91 Å². The molecule has 0 rings (SSSR count). The van der Waals surface area contributed by atoms with E-state index in [0.717, 1.165) is 89.9 Å². The molecule has 0 aromatic carbocycles. The molecule has 0 aromatic rings. The number of ether oxygens (including phenoxy) is 1. The van der Waals surface area contributed by atoms with Gasteiger partial charge >= 0.3 is 5.97 Å². The minimum absolute atomic E-state index is 0.0342. The normalized spacial score (nSPS) is 12.8. The number of carbonyl (C=O) groups excluding carboxylic acids is 2. The molecule has 0 heterocycles. The number of nitrogens with one attached hydrogen (secondary N) is 1. The molecule has 0 fully saturated rings. The van der Waals surface area contributed by atoms with Crippen LogP contribution in [0, 0.1) is 0 Å². The molecule has 6 heteroatoms. The molecule has 0 aliphatic heterocycles. The molecule has 0 saturated carbocycles. The van der Waals surface area contributed by atoms with E-state index in [4.69, 9.17) is 4.74 Å². The molecule has 69 heavy (non-hydrogen) atoms. The molecule has 6 nitrogen and oxygen atoms in total. The highest BCUT2D eigenvalue weighted by Gasteiger charge is 2.20. The van der Waals surface area contributed by atoms with E-state index in [1.54, 1.807) is 0 Å². The lowest BCUT2D eigenvalue weighted by Gasteiger charge is -2.22. The van der Waals surface area contributed by atoms with Crippen LogP contribution >= 0.6 is 0 Å². The monoisotopic (exact) mass is 970 g/mol. The Hall–Kier alpha value is -1.92. The average molecular weight is 971 g/mol. The molecule has 0 aromatic heterocycles. The van der Waals surface area contributed by atoms with Gasteiger partial charge in [-0.05, 0) is 83.5 Å². The fourth-order valence-corrected chi connectivity index (χ4v) is 9.43. The number of hydrogen-bond donors (Lipinski definition) is 3. The Balaban J connectivity index is 3.49. The molecule has 0 aliphatic carbocycles. The maximum absolute atomic E-state index is 12.5. The minimum Gasteiger partial charge on any atom is -0.466 e.